The Kier molecular flexibility index (Phi) is 22.7. The second kappa shape index (κ2) is 28.1. The van der Waals surface area contributed by atoms with Crippen molar-refractivity contribution in [1.82, 2.24) is 9.80 Å². The van der Waals surface area contributed by atoms with E-state index in [1.54, 1.807) is 24.0 Å². The minimum absolute atomic E-state index is 0.0179. The standard InChI is InChI=1S/C28H36F2N2O4.C16H22F2N2O2.C12H16O3/c1-28(2,3)36-27(34)32-15-13-19(14-16-32)21-17-24(23(30)18-22(21)29)31-26(33)12-8-6-10-20-9-5-7-11-25(20)35-4;1-16(2,3)22-15(21)20-6-4-10(5-7-20)11-8-14(19)13(18)9-12(11)17;1-15-11-8-4-2-6-10(11)7-3-5-9-12(13)14/h5,7,9,11,17-19H,6,8,10,12-16H2,1-4H3,(H,31,33);8-10H,4-7,19H2,1-3H3;2,4,6,8H,3,5,7,9H2,1H3,(H,13,14). The highest BCUT2D eigenvalue weighted by molar-refractivity contribution is 5.91. The third kappa shape index (κ3) is 19.8. The van der Waals surface area contributed by atoms with Gasteiger partial charge in [0.15, 0.2) is 0 Å². The zero-order chi connectivity index (χ0) is 53.9. The molecule has 0 bridgehead atoms. The molecule has 0 unspecified atom stereocenters. The Balaban J connectivity index is 0.000000264. The largest absolute Gasteiger partial charge is 0.496 e. The number of nitrogens with one attached hydrogen (secondary N) is 1. The number of piperidine rings is 2. The number of methoxy groups -OCH3 is 2. The average Bonchev–Trinajstić information content (AvgIpc) is 3.33. The van der Waals surface area contributed by atoms with Crippen molar-refractivity contribution in [1.29, 1.82) is 0 Å². The number of nitrogen functional groups attached to an aromatic ring is 1. The first kappa shape index (κ1) is 59.0. The fraction of sp³-hybridized carbons (Fsp3) is 0.500. The summed E-state index contributed by atoms with van der Waals surface area (Å²) in [6.07, 6.45) is 6.63. The first-order chi connectivity index (χ1) is 34.5. The highest BCUT2D eigenvalue weighted by atomic mass is 19.1. The number of unbranched alkanes of at least 4 members (excludes halogenated alkanes) is 2. The van der Waals surface area contributed by atoms with Crippen molar-refractivity contribution in [3.63, 3.8) is 0 Å². The zero-order valence-electron chi connectivity index (χ0n) is 43.6. The van der Waals surface area contributed by atoms with Crippen molar-refractivity contribution in [3.05, 3.63) is 118 Å². The number of hydrogen-bond donors (Lipinski definition) is 3. The van der Waals surface area contributed by atoms with E-state index in [9.17, 15) is 36.7 Å². The molecule has 2 heterocycles. The average molecular weight is 1020 g/mol. The van der Waals surface area contributed by atoms with Gasteiger partial charge in [0.25, 0.3) is 0 Å². The number of ether oxygens (including phenoxy) is 4. The molecular weight excluding hydrogens is 949 g/mol. The van der Waals surface area contributed by atoms with E-state index < -0.39 is 40.4 Å². The summed E-state index contributed by atoms with van der Waals surface area (Å²) < 4.78 is 77.5. The lowest BCUT2D eigenvalue weighted by molar-refractivity contribution is -0.137. The molecule has 0 aromatic heterocycles. The Morgan fingerprint density at radius 1 is 0.603 bits per heavy atom. The molecule has 0 saturated carbocycles. The lowest BCUT2D eigenvalue weighted by Gasteiger charge is -2.33. The fourth-order valence-electron chi connectivity index (χ4n) is 8.49. The molecule has 4 aromatic rings. The number of halogens is 4. The number of likely N-dealkylation sites (tertiary alicyclic amines) is 2. The summed E-state index contributed by atoms with van der Waals surface area (Å²) in [6, 6.07) is 20.0. The first-order valence-electron chi connectivity index (χ1n) is 24.9. The second-order valence-electron chi connectivity index (χ2n) is 20.2. The van der Waals surface area contributed by atoms with Gasteiger partial charge in [-0.05, 0) is 164 Å². The molecule has 73 heavy (non-hydrogen) atoms. The monoisotopic (exact) mass is 1020 g/mol. The van der Waals surface area contributed by atoms with Crippen molar-refractivity contribution in [2.75, 3.05) is 51.4 Å². The Morgan fingerprint density at radius 2 is 1.01 bits per heavy atom. The van der Waals surface area contributed by atoms with Crippen LogP contribution >= 0.6 is 0 Å². The molecule has 400 valence electrons. The Labute approximate surface area is 427 Å². The molecule has 2 aliphatic rings. The van der Waals surface area contributed by atoms with Crippen LogP contribution in [0.15, 0.2) is 72.8 Å². The molecule has 2 fully saturated rings. The van der Waals surface area contributed by atoms with Crippen LogP contribution in [0.1, 0.15) is 140 Å². The number of nitrogens with two attached hydrogens (primary N) is 1. The van der Waals surface area contributed by atoms with E-state index in [-0.39, 0.29) is 54.1 Å². The van der Waals surface area contributed by atoms with Crippen molar-refractivity contribution < 1.29 is 60.8 Å². The Morgan fingerprint density at radius 3 is 1.44 bits per heavy atom. The van der Waals surface area contributed by atoms with Crippen molar-refractivity contribution in [3.8, 4) is 11.5 Å². The normalized spacial score (nSPS) is 14.2. The van der Waals surface area contributed by atoms with Gasteiger partial charge in [0.2, 0.25) is 5.91 Å². The zero-order valence-corrected chi connectivity index (χ0v) is 43.6. The number of carboxylic acids is 1. The third-order valence-electron chi connectivity index (χ3n) is 12.2. The maximum atomic E-state index is 14.6. The fourth-order valence-corrected chi connectivity index (χ4v) is 8.49. The van der Waals surface area contributed by atoms with Gasteiger partial charge in [0.1, 0.15) is 46.0 Å². The number of carbonyl (C=O) groups is 4. The van der Waals surface area contributed by atoms with Gasteiger partial charge in [0.05, 0.1) is 25.6 Å². The molecule has 2 aliphatic heterocycles. The topological polar surface area (TPSA) is 170 Å². The quantitative estimate of drug-likeness (QED) is 0.0592. The van der Waals surface area contributed by atoms with Crippen LogP contribution in [0.5, 0.6) is 11.5 Å². The van der Waals surface area contributed by atoms with Crippen LogP contribution in [0.25, 0.3) is 0 Å². The summed E-state index contributed by atoms with van der Waals surface area (Å²) >= 11 is 0. The maximum absolute atomic E-state index is 14.6. The molecule has 3 amide bonds. The highest BCUT2D eigenvalue weighted by Crippen LogP contribution is 2.35. The van der Waals surface area contributed by atoms with Gasteiger partial charge in [-0.3, -0.25) is 9.59 Å². The van der Waals surface area contributed by atoms with E-state index in [4.69, 9.17) is 29.8 Å². The van der Waals surface area contributed by atoms with Crippen LogP contribution < -0.4 is 20.5 Å². The summed E-state index contributed by atoms with van der Waals surface area (Å²) in [4.78, 5) is 50.3. The van der Waals surface area contributed by atoms with E-state index in [0.717, 1.165) is 60.4 Å². The lowest BCUT2D eigenvalue weighted by Crippen LogP contribution is -2.41. The van der Waals surface area contributed by atoms with Crippen LogP contribution in [0.3, 0.4) is 0 Å². The molecule has 17 heteroatoms. The van der Waals surface area contributed by atoms with Crippen LogP contribution in [0, 0.1) is 23.3 Å². The Hall–Kier alpha value is -6.52. The molecule has 0 radical (unpaired) electrons. The minimum Gasteiger partial charge on any atom is -0.496 e. The minimum atomic E-state index is -0.801. The number of rotatable bonds is 15. The number of nitrogens with zero attached hydrogens (tertiary/aromatic N) is 2. The first-order valence-corrected chi connectivity index (χ1v) is 24.9. The van der Waals surface area contributed by atoms with Gasteiger partial charge in [-0.2, -0.15) is 0 Å². The summed E-state index contributed by atoms with van der Waals surface area (Å²) in [5.74, 6) is -2.35. The summed E-state index contributed by atoms with van der Waals surface area (Å²) in [5, 5.41) is 11.1. The lowest BCUT2D eigenvalue weighted by atomic mass is 9.88. The number of para-hydroxylation sites is 2. The number of carboxylic acid groups (broad SMARTS) is 1. The van der Waals surface area contributed by atoms with E-state index in [1.165, 1.54) is 12.1 Å². The van der Waals surface area contributed by atoms with Crippen molar-refractivity contribution >= 4 is 35.4 Å². The van der Waals surface area contributed by atoms with Gasteiger partial charge in [0, 0.05) is 51.2 Å². The maximum Gasteiger partial charge on any atom is 0.410 e. The number of anilines is 2. The molecule has 2 saturated heterocycles. The Bertz CT molecular complexity index is 2440. The van der Waals surface area contributed by atoms with Crippen LogP contribution in [-0.2, 0) is 31.9 Å². The van der Waals surface area contributed by atoms with E-state index in [0.29, 0.717) is 75.8 Å². The number of carbonyl (C=O) groups excluding carboxylic acids is 3. The molecule has 4 N–H and O–H groups in total. The third-order valence-corrected chi connectivity index (χ3v) is 12.2. The summed E-state index contributed by atoms with van der Waals surface area (Å²) in [5.41, 5.74) is 7.32. The van der Waals surface area contributed by atoms with Crippen molar-refractivity contribution in [2.45, 2.75) is 142 Å². The van der Waals surface area contributed by atoms with E-state index in [2.05, 4.69) is 5.32 Å². The predicted octanol–water partition coefficient (Wildman–Crippen LogP) is 12.6. The molecule has 4 aromatic carbocycles. The predicted molar refractivity (Wildman–Crippen MR) is 274 cm³/mol. The van der Waals surface area contributed by atoms with E-state index in [1.807, 2.05) is 90.1 Å². The second-order valence-corrected chi connectivity index (χ2v) is 20.2. The molecule has 0 aliphatic carbocycles. The number of aryl methyl sites for hydroxylation is 2. The summed E-state index contributed by atoms with van der Waals surface area (Å²) in [6.45, 7) is 12.7. The smallest absolute Gasteiger partial charge is 0.410 e. The van der Waals surface area contributed by atoms with Crippen LogP contribution in [-0.4, -0.2) is 90.6 Å². The SMILES string of the molecule is CC(C)(C)OC(=O)N1CCC(c2cc(N)c(F)cc2F)CC1.COc1ccccc1CCCCC(=O)Nc1cc(C2CCN(C(=O)OC(C)(C)C)CC2)c(F)cc1F.COc1ccccc1CCCCC(=O)O. The number of benzene rings is 4. The number of hydrogen-bond acceptors (Lipinski definition) is 9. The number of amides is 3. The molecule has 0 spiro atoms. The van der Waals surface area contributed by atoms with Gasteiger partial charge < -0.3 is 44.9 Å². The molecule has 13 nitrogen and oxygen atoms in total. The van der Waals surface area contributed by atoms with Crippen LogP contribution in [0.2, 0.25) is 0 Å². The number of aliphatic carboxylic acids is 1. The molecule has 6 rings (SSSR count). The molecular formula is C56H74F4N4O9. The summed E-state index contributed by atoms with van der Waals surface area (Å²) in [7, 11) is 3.28. The van der Waals surface area contributed by atoms with E-state index >= 15 is 0 Å². The van der Waals surface area contributed by atoms with Gasteiger partial charge in [-0.1, -0.05) is 36.4 Å². The van der Waals surface area contributed by atoms with Gasteiger partial charge in [-0.25, -0.2) is 27.2 Å². The highest BCUT2D eigenvalue weighted by Gasteiger charge is 2.31. The van der Waals surface area contributed by atoms with Gasteiger partial charge >= 0.3 is 18.2 Å². The van der Waals surface area contributed by atoms with Gasteiger partial charge in [-0.15, -0.1) is 0 Å². The molecule has 0 atom stereocenters. The van der Waals surface area contributed by atoms with Crippen LogP contribution in [0.4, 0.5) is 38.5 Å². The van der Waals surface area contributed by atoms with Crippen molar-refractivity contribution in [2.24, 2.45) is 0 Å².